The fourth-order valence-corrected chi connectivity index (χ4v) is 2.78. The second-order valence-corrected chi connectivity index (χ2v) is 8.11. The van der Waals surface area contributed by atoms with Crippen molar-refractivity contribution in [2.45, 2.75) is 45.2 Å². The minimum atomic E-state index is -1.16. The van der Waals surface area contributed by atoms with Gasteiger partial charge >= 0.3 is 5.97 Å². The van der Waals surface area contributed by atoms with E-state index >= 15 is 0 Å². The zero-order valence-electron chi connectivity index (χ0n) is 18.1. The molecule has 3 N–H and O–H groups in total. The van der Waals surface area contributed by atoms with Crippen molar-refractivity contribution in [3.8, 4) is 6.07 Å². The number of rotatable bonds is 8. The van der Waals surface area contributed by atoms with Crippen LogP contribution in [0.1, 0.15) is 48.8 Å². The highest BCUT2D eigenvalue weighted by molar-refractivity contribution is 6.02. The molecule has 1 unspecified atom stereocenters. The molecule has 0 spiro atoms. The summed E-state index contributed by atoms with van der Waals surface area (Å²) in [5.41, 5.74) is 0.960. The number of aromatic nitrogens is 2. The van der Waals surface area contributed by atoms with Crippen molar-refractivity contribution in [1.29, 1.82) is 5.26 Å². The Bertz CT molecular complexity index is 1050. The minimum absolute atomic E-state index is 0.0308. The summed E-state index contributed by atoms with van der Waals surface area (Å²) in [4.78, 5) is 43.7. The van der Waals surface area contributed by atoms with Gasteiger partial charge in [0.25, 0.3) is 11.8 Å². The molecule has 0 aliphatic heterocycles. The molecular formula is C23H25N5O4. The van der Waals surface area contributed by atoms with Gasteiger partial charge in [-0.05, 0) is 50.8 Å². The van der Waals surface area contributed by atoms with Crippen LogP contribution >= 0.6 is 0 Å². The average Bonchev–Trinajstić information content (AvgIpc) is 2.74. The smallest absolute Gasteiger partial charge is 0.326 e. The summed E-state index contributed by atoms with van der Waals surface area (Å²) >= 11 is 0. The molecule has 9 heteroatoms. The normalized spacial score (nSPS) is 12.4. The lowest BCUT2D eigenvalue weighted by Gasteiger charge is -2.20. The summed E-state index contributed by atoms with van der Waals surface area (Å²) in [5.74, 6) is -2.25. The number of aliphatic carboxylic acids is 1. The third-order valence-electron chi connectivity index (χ3n) is 4.24. The van der Waals surface area contributed by atoms with Gasteiger partial charge < -0.3 is 15.7 Å². The molecule has 1 heterocycles. The molecule has 0 bridgehead atoms. The Morgan fingerprint density at radius 3 is 2.59 bits per heavy atom. The maximum Gasteiger partial charge on any atom is 0.326 e. The number of carbonyl (C=O) groups is 3. The van der Waals surface area contributed by atoms with Crippen molar-refractivity contribution >= 4 is 23.9 Å². The van der Waals surface area contributed by atoms with Gasteiger partial charge in [0.05, 0.1) is 6.20 Å². The third kappa shape index (κ3) is 7.65. The average molecular weight is 435 g/mol. The highest BCUT2D eigenvalue weighted by Gasteiger charge is 2.21. The molecule has 9 nitrogen and oxygen atoms in total. The molecule has 0 saturated carbocycles. The van der Waals surface area contributed by atoms with Crippen molar-refractivity contribution in [1.82, 2.24) is 20.6 Å². The first-order chi connectivity index (χ1) is 15.1. The number of carboxylic acid groups (broad SMARTS) is 1. The summed E-state index contributed by atoms with van der Waals surface area (Å²) in [7, 11) is 0. The predicted molar refractivity (Wildman–Crippen MR) is 117 cm³/mol. The highest BCUT2D eigenvalue weighted by atomic mass is 16.4. The molecule has 0 aliphatic rings. The van der Waals surface area contributed by atoms with Crippen molar-refractivity contribution in [2.75, 3.05) is 0 Å². The van der Waals surface area contributed by atoms with Gasteiger partial charge in [0.1, 0.15) is 23.4 Å². The van der Waals surface area contributed by atoms with Crippen LogP contribution in [0.4, 0.5) is 0 Å². The summed E-state index contributed by atoms with van der Waals surface area (Å²) < 4.78 is 0. The number of nitrogens with one attached hydrogen (secondary N) is 2. The van der Waals surface area contributed by atoms with E-state index in [0.717, 1.165) is 5.56 Å². The standard InChI is InChI=1S/C23H25N5O4/c1-23(2,3)28-20(29)17(13-24)12-16-6-4-5-15(11-16)7-8-18(22(31)32)27-21(30)19-14-25-9-10-26-19/h4-6,9-12,14,18H,7-8H2,1-3H3,(H,27,30)(H,28,29)(H,31,32). The molecule has 0 aliphatic carbocycles. The zero-order chi connectivity index (χ0) is 23.7. The van der Waals surface area contributed by atoms with E-state index in [9.17, 15) is 24.8 Å². The Balaban J connectivity index is 2.09. The molecule has 2 amide bonds. The van der Waals surface area contributed by atoms with E-state index in [4.69, 9.17) is 0 Å². The molecule has 166 valence electrons. The molecule has 0 fully saturated rings. The lowest BCUT2D eigenvalue weighted by atomic mass is 10.0. The minimum Gasteiger partial charge on any atom is -0.480 e. The van der Waals surface area contributed by atoms with E-state index in [2.05, 4.69) is 20.6 Å². The van der Waals surface area contributed by atoms with Gasteiger partial charge in [-0.15, -0.1) is 0 Å². The fourth-order valence-electron chi connectivity index (χ4n) is 2.78. The second-order valence-electron chi connectivity index (χ2n) is 8.11. The van der Waals surface area contributed by atoms with E-state index in [-0.39, 0.29) is 17.7 Å². The maximum atomic E-state index is 12.3. The molecule has 1 aromatic carbocycles. The van der Waals surface area contributed by atoms with Gasteiger partial charge in [0.2, 0.25) is 0 Å². The molecule has 1 atom stereocenters. The Labute approximate surface area is 186 Å². The SMILES string of the molecule is CC(C)(C)NC(=O)C(C#N)=Cc1cccc(CCC(NC(=O)c2cnccn2)C(=O)O)c1. The number of nitriles is 1. The number of benzene rings is 1. The van der Waals surface area contributed by atoms with E-state index in [1.165, 1.54) is 24.7 Å². The number of aryl methyl sites for hydroxylation is 1. The van der Waals surface area contributed by atoms with Gasteiger partial charge in [-0.1, -0.05) is 24.3 Å². The number of hydrogen-bond donors (Lipinski definition) is 3. The number of hydrogen-bond acceptors (Lipinski definition) is 6. The number of amides is 2. The van der Waals surface area contributed by atoms with Gasteiger partial charge in [0.15, 0.2) is 0 Å². The van der Waals surface area contributed by atoms with Crippen LogP contribution in [0.25, 0.3) is 6.08 Å². The van der Waals surface area contributed by atoms with Crippen LogP contribution in [0.5, 0.6) is 0 Å². The topological polar surface area (TPSA) is 145 Å². The quantitative estimate of drug-likeness (QED) is 0.425. The Kier molecular flexibility index (Phi) is 8.18. The number of carbonyl (C=O) groups excluding carboxylic acids is 2. The first kappa shape index (κ1) is 24.2. The Hall–Kier alpha value is -4.06. The zero-order valence-corrected chi connectivity index (χ0v) is 18.1. The summed E-state index contributed by atoms with van der Waals surface area (Å²) in [6, 6.07) is 7.87. The van der Waals surface area contributed by atoms with Crippen molar-refractivity contribution in [3.63, 3.8) is 0 Å². The van der Waals surface area contributed by atoms with Crippen molar-refractivity contribution in [3.05, 3.63) is 65.2 Å². The van der Waals surface area contributed by atoms with Crippen LogP contribution < -0.4 is 10.6 Å². The van der Waals surface area contributed by atoms with Crippen LogP contribution in [0.2, 0.25) is 0 Å². The van der Waals surface area contributed by atoms with Crippen LogP contribution in [0, 0.1) is 11.3 Å². The van der Waals surface area contributed by atoms with Crippen LogP contribution in [-0.2, 0) is 16.0 Å². The maximum absolute atomic E-state index is 12.3. The van der Waals surface area contributed by atoms with Crippen molar-refractivity contribution < 1.29 is 19.5 Å². The van der Waals surface area contributed by atoms with Gasteiger partial charge in [0, 0.05) is 17.9 Å². The highest BCUT2D eigenvalue weighted by Crippen LogP contribution is 2.14. The monoisotopic (exact) mass is 435 g/mol. The molecule has 1 aromatic heterocycles. The van der Waals surface area contributed by atoms with E-state index < -0.39 is 29.4 Å². The Morgan fingerprint density at radius 1 is 1.25 bits per heavy atom. The lowest BCUT2D eigenvalue weighted by Crippen LogP contribution is -2.41. The Morgan fingerprint density at radius 2 is 2.00 bits per heavy atom. The molecule has 2 rings (SSSR count). The van der Waals surface area contributed by atoms with Crippen LogP contribution in [0.3, 0.4) is 0 Å². The third-order valence-corrected chi connectivity index (χ3v) is 4.24. The van der Waals surface area contributed by atoms with Crippen LogP contribution in [-0.4, -0.2) is 44.4 Å². The van der Waals surface area contributed by atoms with Gasteiger partial charge in [-0.25, -0.2) is 9.78 Å². The van der Waals surface area contributed by atoms with E-state index in [1.807, 2.05) is 32.9 Å². The number of nitrogens with zero attached hydrogens (tertiary/aromatic N) is 3. The molecule has 2 aromatic rings. The van der Waals surface area contributed by atoms with Crippen molar-refractivity contribution in [2.24, 2.45) is 0 Å². The molecule has 0 saturated heterocycles. The first-order valence-corrected chi connectivity index (χ1v) is 9.92. The first-order valence-electron chi connectivity index (χ1n) is 9.92. The summed E-state index contributed by atoms with van der Waals surface area (Å²) in [5, 5.41) is 24.0. The largest absolute Gasteiger partial charge is 0.480 e. The van der Waals surface area contributed by atoms with Crippen LogP contribution in [0.15, 0.2) is 48.4 Å². The van der Waals surface area contributed by atoms with E-state index in [0.29, 0.717) is 12.0 Å². The summed E-state index contributed by atoms with van der Waals surface area (Å²) in [6.07, 6.45) is 6.00. The second kappa shape index (κ2) is 10.8. The number of carboxylic acids is 1. The fraction of sp³-hybridized carbons (Fsp3) is 0.304. The lowest BCUT2D eigenvalue weighted by molar-refractivity contribution is -0.139. The predicted octanol–water partition coefficient (Wildman–Crippen LogP) is 2.11. The van der Waals surface area contributed by atoms with E-state index in [1.54, 1.807) is 18.2 Å². The molecule has 0 radical (unpaired) electrons. The molecule has 32 heavy (non-hydrogen) atoms. The molecular weight excluding hydrogens is 410 g/mol. The summed E-state index contributed by atoms with van der Waals surface area (Å²) in [6.45, 7) is 5.47. The van der Waals surface area contributed by atoms with Gasteiger partial charge in [-0.2, -0.15) is 5.26 Å². The van der Waals surface area contributed by atoms with Gasteiger partial charge in [-0.3, -0.25) is 14.6 Å².